The molecule has 0 bridgehead atoms. The van der Waals surface area contributed by atoms with Crippen LogP contribution in [0.15, 0.2) is 35.0 Å². The van der Waals surface area contributed by atoms with Crippen LogP contribution in [0, 0.1) is 0 Å². The second-order valence-electron chi connectivity index (χ2n) is 3.81. The standard InChI is InChI=1S/C13H9F3O2S/c1-8(17)18-12-3-2-10(13(14,15)16)6-11(12)9-4-5-19-7-9/h2-7H,1H3. The maximum absolute atomic E-state index is 12.7. The maximum Gasteiger partial charge on any atom is 0.416 e. The fourth-order valence-electron chi connectivity index (χ4n) is 1.59. The van der Waals surface area contributed by atoms with Crippen LogP contribution in [0.1, 0.15) is 12.5 Å². The minimum atomic E-state index is -4.43. The summed E-state index contributed by atoms with van der Waals surface area (Å²) < 4.78 is 43.0. The molecule has 0 fully saturated rings. The van der Waals surface area contributed by atoms with Crippen molar-refractivity contribution in [3.05, 3.63) is 40.6 Å². The monoisotopic (exact) mass is 286 g/mol. The van der Waals surface area contributed by atoms with E-state index in [9.17, 15) is 18.0 Å². The molecule has 2 aromatic rings. The molecular formula is C13H9F3O2S. The average Bonchev–Trinajstić information content (AvgIpc) is 2.80. The third-order valence-electron chi connectivity index (χ3n) is 2.39. The van der Waals surface area contributed by atoms with Crippen molar-refractivity contribution in [2.75, 3.05) is 0 Å². The zero-order valence-electron chi connectivity index (χ0n) is 9.82. The Kier molecular flexibility index (Phi) is 3.61. The Balaban J connectivity index is 2.54. The Hall–Kier alpha value is -1.82. The molecule has 0 atom stereocenters. The predicted molar refractivity (Wildman–Crippen MR) is 66.1 cm³/mol. The summed E-state index contributed by atoms with van der Waals surface area (Å²) in [4.78, 5) is 11.0. The highest BCUT2D eigenvalue weighted by Gasteiger charge is 2.31. The number of esters is 1. The zero-order valence-corrected chi connectivity index (χ0v) is 10.6. The second-order valence-corrected chi connectivity index (χ2v) is 4.59. The first-order valence-electron chi connectivity index (χ1n) is 5.30. The number of thiophene rings is 1. The van der Waals surface area contributed by atoms with E-state index in [-0.39, 0.29) is 11.3 Å². The molecule has 6 heteroatoms. The van der Waals surface area contributed by atoms with E-state index in [4.69, 9.17) is 4.74 Å². The number of hydrogen-bond acceptors (Lipinski definition) is 3. The predicted octanol–water partition coefficient (Wildman–Crippen LogP) is 4.36. The van der Waals surface area contributed by atoms with Crippen LogP contribution >= 0.6 is 11.3 Å². The van der Waals surface area contributed by atoms with E-state index in [1.54, 1.807) is 16.8 Å². The van der Waals surface area contributed by atoms with Crippen LogP contribution in [0.2, 0.25) is 0 Å². The van der Waals surface area contributed by atoms with Crippen LogP contribution in [0.25, 0.3) is 11.1 Å². The summed E-state index contributed by atoms with van der Waals surface area (Å²) in [7, 11) is 0. The van der Waals surface area contributed by atoms with Gasteiger partial charge in [0.05, 0.1) is 5.56 Å². The van der Waals surface area contributed by atoms with Gasteiger partial charge in [0.15, 0.2) is 0 Å². The molecule has 0 radical (unpaired) electrons. The lowest BCUT2D eigenvalue weighted by molar-refractivity contribution is -0.137. The molecule has 0 saturated carbocycles. The van der Waals surface area contributed by atoms with Crippen molar-refractivity contribution in [3.8, 4) is 16.9 Å². The van der Waals surface area contributed by atoms with Crippen molar-refractivity contribution >= 4 is 17.3 Å². The van der Waals surface area contributed by atoms with Crippen LogP contribution in [-0.4, -0.2) is 5.97 Å². The van der Waals surface area contributed by atoms with Gasteiger partial charge in [0, 0.05) is 12.5 Å². The Labute approximate surface area is 111 Å². The van der Waals surface area contributed by atoms with Gasteiger partial charge in [-0.15, -0.1) is 0 Å². The first-order valence-corrected chi connectivity index (χ1v) is 6.24. The number of carbonyl (C=O) groups is 1. The number of halogens is 3. The van der Waals surface area contributed by atoms with Crippen molar-refractivity contribution < 1.29 is 22.7 Å². The summed E-state index contributed by atoms with van der Waals surface area (Å²) in [6.45, 7) is 1.20. The van der Waals surface area contributed by atoms with Gasteiger partial charge < -0.3 is 4.74 Å². The normalized spacial score (nSPS) is 11.4. The van der Waals surface area contributed by atoms with Crippen molar-refractivity contribution in [2.24, 2.45) is 0 Å². The van der Waals surface area contributed by atoms with Crippen molar-refractivity contribution in [1.82, 2.24) is 0 Å². The molecule has 1 aromatic carbocycles. The molecule has 0 unspecified atom stereocenters. The first-order chi connectivity index (χ1) is 8.88. The van der Waals surface area contributed by atoms with Crippen LogP contribution in [0.4, 0.5) is 13.2 Å². The van der Waals surface area contributed by atoms with E-state index in [2.05, 4.69) is 0 Å². The fraction of sp³-hybridized carbons (Fsp3) is 0.154. The molecule has 2 rings (SSSR count). The third kappa shape index (κ3) is 3.14. The molecule has 0 aliphatic heterocycles. The number of hydrogen-bond donors (Lipinski definition) is 0. The number of carbonyl (C=O) groups excluding carboxylic acids is 1. The topological polar surface area (TPSA) is 26.3 Å². The summed E-state index contributed by atoms with van der Waals surface area (Å²) in [6.07, 6.45) is -4.43. The van der Waals surface area contributed by atoms with Gasteiger partial charge in [-0.25, -0.2) is 0 Å². The number of alkyl halides is 3. The number of ether oxygens (including phenoxy) is 1. The smallest absolute Gasteiger partial charge is 0.416 e. The van der Waals surface area contributed by atoms with E-state index in [1.165, 1.54) is 18.3 Å². The van der Waals surface area contributed by atoms with Gasteiger partial charge >= 0.3 is 12.1 Å². The molecule has 100 valence electrons. The lowest BCUT2D eigenvalue weighted by Crippen LogP contribution is -2.07. The highest BCUT2D eigenvalue weighted by atomic mass is 32.1. The Bertz CT molecular complexity index is 588. The quantitative estimate of drug-likeness (QED) is 0.605. The van der Waals surface area contributed by atoms with Gasteiger partial charge in [-0.2, -0.15) is 24.5 Å². The van der Waals surface area contributed by atoms with E-state index in [0.29, 0.717) is 5.56 Å². The maximum atomic E-state index is 12.7. The molecule has 0 saturated heterocycles. The van der Waals surface area contributed by atoms with Gasteiger partial charge in [0.2, 0.25) is 0 Å². The highest BCUT2D eigenvalue weighted by molar-refractivity contribution is 7.08. The fourth-order valence-corrected chi connectivity index (χ4v) is 2.25. The molecule has 19 heavy (non-hydrogen) atoms. The summed E-state index contributed by atoms with van der Waals surface area (Å²) in [6, 6.07) is 4.72. The SMILES string of the molecule is CC(=O)Oc1ccc(C(F)(F)F)cc1-c1ccsc1. The molecule has 2 nitrogen and oxygen atoms in total. The second kappa shape index (κ2) is 5.05. The Morgan fingerprint density at radius 3 is 2.53 bits per heavy atom. The molecule has 0 spiro atoms. The molecule has 0 aliphatic carbocycles. The largest absolute Gasteiger partial charge is 0.426 e. The molecule has 0 amide bonds. The zero-order chi connectivity index (χ0) is 14.0. The first kappa shape index (κ1) is 13.6. The summed E-state index contributed by atoms with van der Waals surface area (Å²) in [5, 5.41) is 3.44. The van der Waals surface area contributed by atoms with Crippen LogP contribution in [-0.2, 0) is 11.0 Å². The van der Waals surface area contributed by atoms with Gasteiger partial charge in [0.25, 0.3) is 0 Å². The summed E-state index contributed by atoms with van der Waals surface area (Å²) >= 11 is 1.35. The van der Waals surface area contributed by atoms with Gasteiger partial charge in [-0.1, -0.05) is 0 Å². The van der Waals surface area contributed by atoms with Crippen LogP contribution in [0.3, 0.4) is 0 Å². The van der Waals surface area contributed by atoms with E-state index >= 15 is 0 Å². The van der Waals surface area contributed by atoms with Crippen molar-refractivity contribution in [3.63, 3.8) is 0 Å². The van der Waals surface area contributed by atoms with Gasteiger partial charge in [-0.05, 0) is 40.6 Å². The Morgan fingerprint density at radius 1 is 1.26 bits per heavy atom. The molecule has 0 N–H and O–H groups in total. The van der Waals surface area contributed by atoms with E-state index < -0.39 is 17.7 Å². The molecule has 1 aromatic heterocycles. The Morgan fingerprint density at radius 2 is 2.00 bits per heavy atom. The van der Waals surface area contributed by atoms with Gasteiger partial charge in [0.1, 0.15) is 5.75 Å². The molecular weight excluding hydrogens is 277 g/mol. The lowest BCUT2D eigenvalue weighted by atomic mass is 10.0. The van der Waals surface area contributed by atoms with Crippen LogP contribution < -0.4 is 4.74 Å². The van der Waals surface area contributed by atoms with Crippen LogP contribution in [0.5, 0.6) is 5.75 Å². The highest BCUT2D eigenvalue weighted by Crippen LogP contribution is 2.37. The van der Waals surface area contributed by atoms with Crippen molar-refractivity contribution in [2.45, 2.75) is 13.1 Å². The minimum absolute atomic E-state index is 0.124. The average molecular weight is 286 g/mol. The number of benzene rings is 1. The lowest BCUT2D eigenvalue weighted by Gasteiger charge is -2.12. The van der Waals surface area contributed by atoms with Gasteiger partial charge in [-0.3, -0.25) is 4.79 Å². The van der Waals surface area contributed by atoms with Crippen molar-refractivity contribution in [1.29, 1.82) is 0 Å². The molecule has 0 aliphatic rings. The van der Waals surface area contributed by atoms with E-state index in [1.807, 2.05) is 0 Å². The molecule has 1 heterocycles. The summed E-state index contributed by atoms with van der Waals surface area (Å²) in [5.41, 5.74) is 0.0724. The summed E-state index contributed by atoms with van der Waals surface area (Å²) in [5.74, 6) is -0.449. The third-order valence-corrected chi connectivity index (χ3v) is 3.08. The number of rotatable bonds is 2. The van der Waals surface area contributed by atoms with E-state index in [0.717, 1.165) is 18.2 Å². The minimum Gasteiger partial charge on any atom is -0.426 e.